The molecule has 8 heteroatoms. The molecule has 2 aromatic rings. The fourth-order valence-corrected chi connectivity index (χ4v) is 5.21. The molecule has 1 aromatic carbocycles. The average molecular weight is 467 g/mol. The monoisotopic (exact) mass is 466 g/mol. The Kier molecular flexibility index (Phi) is 8.21. The molecule has 34 heavy (non-hydrogen) atoms. The van der Waals surface area contributed by atoms with E-state index in [1.165, 1.54) is 18.4 Å². The van der Waals surface area contributed by atoms with Gasteiger partial charge < -0.3 is 19.9 Å². The van der Waals surface area contributed by atoms with Crippen molar-refractivity contribution in [1.82, 2.24) is 25.1 Å². The minimum absolute atomic E-state index is 0.0387. The van der Waals surface area contributed by atoms with E-state index in [-0.39, 0.29) is 18.1 Å². The van der Waals surface area contributed by atoms with Crippen molar-refractivity contribution in [3.8, 4) is 5.75 Å². The predicted molar refractivity (Wildman–Crippen MR) is 134 cm³/mol. The van der Waals surface area contributed by atoms with Crippen LogP contribution in [0.1, 0.15) is 38.7 Å². The molecule has 2 fully saturated rings. The van der Waals surface area contributed by atoms with E-state index < -0.39 is 0 Å². The van der Waals surface area contributed by atoms with E-state index in [4.69, 9.17) is 4.74 Å². The van der Waals surface area contributed by atoms with Crippen LogP contribution >= 0.6 is 0 Å². The minimum atomic E-state index is 0.0387. The van der Waals surface area contributed by atoms with Gasteiger partial charge in [0.15, 0.2) is 5.75 Å². The normalized spacial score (nSPS) is 22.0. The van der Waals surface area contributed by atoms with Gasteiger partial charge in [-0.25, -0.2) is 14.8 Å². The number of hydrogen-bond acceptors (Lipinski definition) is 6. The number of carbonyl (C=O) groups excluding carboxylic acids is 1. The molecule has 0 spiro atoms. The molecule has 0 bridgehead atoms. The number of piperazine rings is 1. The van der Waals surface area contributed by atoms with E-state index in [9.17, 15) is 4.79 Å². The summed E-state index contributed by atoms with van der Waals surface area (Å²) in [6, 6.07) is 10.9. The summed E-state index contributed by atoms with van der Waals surface area (Å²) >= 11 is 0. The maximum atomic E-state index is 13.0. The molecule has 2 saturated heterocycles. The van der Waals surface area contributed by atoms with Crippen LogP contribution in [0.15, 0.2) is 42.7 Å². The second kappa shape index (κ2) is 11.5. The molecule has 8 nitrogen and oxygen atoms in total. The van der Waals surface area contributed by atoms with Crippen LogP contribution in [0, 0.1) is 5.92 Å². The standard InChI is InChI=1S/C26H38N6O2/c1-20-17-31(25-28-15-24(34-3)16-29-25)18-21(2)32(20)26(33)27-12-9-22-10-13-30(14-11-22)19-23-7-5-4-6-8-23/h4-8,15-16,20-22H,9-14,17-19H2,1-3H3,(H,27,33)/t20-,21-/m1/s1. The lowest BCUT2D eigenvalue weighted by Crippen LogP contribution is -2.61. The first-order chi connectivity index (χ1) is 16.5. The number of urea groups is 1. The van der Waals surface area contributed by atoms with Gasteiger partial charge in [0, 0.05) is 38.3 Å². The van der Waals surface area contributed by atoms with Crippen LogP contribution in [0.4, 0.5) is 10.7 Å². The van der Waals surface area contributed by atoms with E-state index in [2.05, 4.69) is 69.3 Å². The summed E-state index contributed by atoms with van der Waals surface area (Å²) in [5, 5.41) is 3.19. The lowest BCUT2D eigenvalue weighted by molar-refractivity contribution is 0.139. The summed E-state index contributed by atoms with van der Waals surface area (Å²) in [5.74, 6) is 2.01. The first-order valence-electron chi connectivity index (χ1n) is 12.5. The van der Waals surface area contributed by atoms with E-state index in [1.807, 2.05) is 4.90 Å². The number of methoxy groups -OCH3 is 1. The topological polar surface area (TPSA) is 73.8 Å². The lowest BCUT2D eigenvalue weighted by Gasteiger charge is -2.44. The molecular formula is C26H38N6O2. The zero-order valence-electron chi connectivity index (χ0n) is 20.7. The van der Waals surface area contributed by atoms with Gasteiger partial charge in [-0.05, 0) is 57.7 Å². The molecule has 184 valence electrons. The Hall–Kier alpha value is -2.87. The minimum Gasteiger partial charge on any atom is -0.494 e. The van der Waals surface area contributed by atoms with Gasteiger partial charge in [0.2, 0.25) is 5.95 Å². The third-order valence-electron chi connectivity index (χ3n) is 7.07. The van der Waals surface area contributed by atoms with Crippen LogP contribution in [-0.4, -0.2) is 77.7 Å². The second-order valence-corrected chi connectivity index (χ2v) is 9.66. The largest absolute Gasteiger partial charge is 0.494 e. The van der Waals surface area contributed by atoms with E-state index in [0.717, 1.165) is 32.6 Å². The van der Waals surface area contributed by atoms with Crippen LogP contribution in [0.3, 0.4) is 0 Å². The number of rotatable bonds is 7. The lowest BCUT2D eigenvalue weighted by atomic mass is 9.93. The summed E-state index contributed by atoms with van der Waals surface area (Å²) in [6.45, 7) is 9.65. The molecular weight excluding hydrogens is 428 g/mol. The second-order valence-electron chi connectivity index (χ2n) is 9.66. The highest BCUT2D eigenvalue weighted by atomic mass is 16.5. The molecule has 1 N–H and O–H groups in total. The zero-order valence-corrected chi connectivity index (χ0v) is 20.7. The molecule has 0 unspecified atom stereocenters. The van der Waals surface area contributed by atoms with Crippen molar-refractivity contribution in [3.63, 3.8) is 0 Å². The molecule has 0 radical (unpaired) electrons. The molecule has 0 saturated carbocycles. The first kappa shape index (κ1) is 24.3. The fourth-order valence-electron chi connectivity index (χ4n) is 5.21. The fraction of sp³-hybridized carbons (Fsp3) is 0.577. The smallest absolute Gasteiger partial charge is 0.318 e. The summed E-state index contributed by atoms with van der Waals surface area (Å²) in [6.07, 6.45) is 6.82. The van der Waals surface area contributed by atoms with Crippen molar-refractivity contribution < 1.29 is 9.53 Å². The van der Waals surface area contributed by atoms with Crippen molar-refractivity contribution in [2.24, 2.45) is 5.92 Å². The highest BCUT2D eigenvalue weighted by molar-refractivity contribution is 5.75. The molecule has 1 aromatic heterocycles. The van der Waals surface area contributed by atoms with Gasteiger partial charge in [0.1, 0.15) is 0 Å². The van der Waals surface area contributed by atoms with E-state index >= 15 is 0 Å². The third-order valence-corrected chi connectivity index (χ3v) is 7.07. The molecule has 2 aliphatic heterocycles. The predicted octanol–water partition coefficient (Wildman–Crippen LogP) is 3.40. The Balaban J connectivity index is 1.18. The summed E-state index contributed by atoms with van der Waals surface area (Å²) in [5.41, 5.74) is 1.38. The number of amides is 2. The van der Waals surface area contributed by atoms with Gasteiger partial charge in [0.05, 0.1) is 19.5 Å². The number of likely N-dealkylation sites (tertiary alicyclic amines) is 1. The number of carbonyl (C=O) groups is 1. The van der Waals surface area contributed by atoms with Crippen LogP contribution in [0.2, 0.25) is 0 Å². The molecule has 0 aliphatic carbocycles. The maximum Gasteiger partial charge on any atom is 0.318 e. The number of hydrogen-bond donors (Lipinski definition) is 1. The SMILES string of the molecule is COc1cnc(N2C[C@@H](C)N(C(=O)NCCC3CCN(Cc4ccccc4)CC3)[C@H](C)C2)nc1. The third kappa shape index (κ3) is 6.17. The van der Waals surface area contributed by atoms with Crippen LogP contribution < -0.4 is 15.0 Å². The van der Waals surface area contributed by atoms with Gasteiger partial charge in [-0.15, -0.1) is 0 Å². The van der Waals surface area contributed by atoms with Crippen molar-refractivity contribution in [1.29, 1.82) is 0 Å². The highest BCUT2D eigenvalue weighted by Crippen LogP contribution is 2.23. The zero-order chi connectivity index (χ0) is 23.9. The van der Waals surface area contributed by atoms with Crippen LogP contribution in [-0.2, 0) is 6.54 Å². The molecule has 2 amide bonds. The average Bonchev–Trinajstić information content (AvgIpc) is 2.85. The summed E-state index contributed by atoms with van der Waals surface area (Å²) in [7, 11) is 1.61. The van der Waals surface area contributed by atoms with Crippen LogP contribution in [0.25, 0.3) is 0 Å². The highest BCUT2D eigenvalue weighted by Gasteiger charge is 2.34. The Morgan fingerprint density at radius 2 is 1.71 bits per heavy atom. The van der Waals surface area contributed by atoms with E-state index in [0.29, 0.717) is 30.7 Å². The van der Waals surface area contributed by atoms with Gasteiger partial charge in [-0.1, -0.05) is 30.3 Å². The maximum absolute atomic E-state index is 13.0. The van der Waals surface area contributed by atoms with Crippen LogP contribution in [0.5, 0.6) is 5.75 Å². The molecule has 2 aliphatic rings. The molecule has 2 atom stereocenters. The number of nitrogens with zero attached hydrogens (tertiary/aromatic N) is 5. The summed E-state index contributed by atoms with van der Waals surface area (Å²) < 4.78 is 5.15. The Bertz CT molecular complexity index is 889. The van der Waals surface area contributed by atoms with Crippen molar-refractivity contribution in [2.45, 2.75) is 51.7 Å². The Morgan fingerprint density at radius 3 is 2.32 bits per heavy atom. The number of piperidine rings is 1. The molecule has 4 rings (SSSR count). The van der Waals surface area contributed by atoms with Crippen molar-refractivity contribution in [3.05, 3.63) is 48.3 Å². The quantitative estimate of drug-likeness (QED) is 0.674. The number of aromatic nitrogens is 2. The number of ether oxygens (including phenoxy) is 1. The van der Waals surface area contributed by atoms with Crippen molar-refractivity contribution in [2.75, 3.05) is 44.7 Å². The number of nitrogens with one attached hydrogen (secondary N) is 1. The first-order valence-corrected chi connectivity index (χ1v) is 12.5. The van der Waals surface area contributed by atoms with Crippen molar-refractivity contribution >= 4 is 12.0 Å². The Labute approximate surface area is 203 Å². The van der Waals surface area contributed by atoms with Gasteiger partial charge in [0.25, 0.3) is 0 Å². The van der Waals surface area contributed by atoms with Gasteiger partial charge >= 0.3 is 6.03 Å². The number of benzene rings is 1. The summed E-state index contributed by atoms with van der Waals surface area (Å²) in [4.78, 5) is 28.5. The molecule has 3 heterocycles. The Morgan fingerprint density at radius 1 is 1.06 bits per heavy atom. The van der Waals surface area contributed by atoms with Gasteiger partial charge in [-0.2, -0.15) is 0 Å². The van der Waals surface area contributed by atoms with Gasteiger partial charge in [-0.3, -0.25) is 4.90 Å². The number of anilines is 1. The van der Waals surface area contributed by atoms with E-state index in [1.54, 1.807) is 19.5 Å².